The lowest BCUT2D eigenvalue weighted by Crippen LogP contribution is -2.49. The summed E-state index contributed by atoms with van der Waals surface area (Å²) < 4.78 is 0. The van der Waals surface area contributed by atoms with E-state index in [9.17, 15) is 9.59 Å². The van der Waals surface area contributed by atoms with Crippen molar-refractivity contribution in [1.82, 2.24) is 20.4 Å². The summed E-state index contributed by atoms with van der Waals surface area (Å²) in [6.07, 6.45) is 6.93. The molecular weight excluding hydrogens is 368 g/mol. The van der Waals surface area contributed by atoms with Crippen LogP contribution < -0.4 is 10.6 Å². The van der Waals surface area contributed by atoms with Gasteiger partial charge in [0.2, 0.25) is 11.8 Å². The molecule has 8 heteroatoms. The Bertz CT molecular complexity index is 401. The maximum Gasteiger partial charge on any atom is 0.240 e. The Morgan fingerprint density at radius 1 is 0.731 bits per heavy atom. The summed E-state index contributed by atoms with van der Waals surface area (Å²) in [6, 6.07) is -0.284. The predicted molar refractivity (Wildman–Crippen MR) is 111 cm³/mol. The molecule has 2 heterocycles. The molecule has 0 aromatic heterocycles. The highest BCUT2D eigenvalue weighted by Gasteiger charge is 2.26. The van der Waals surface area contributed by atoms with Gasteiger partial charge < -0.3 is 20.4 Å². The SMILES string of the molecule is CN[C@@H](CSSC[C@H](NC)C(=O)N1CCCCC1)C(=O)N1CCCCC1. The molecule has 2 N–H and O–H groups in total. The van der Waals surface area contributed by atoms with E-state index in [0.29, 0.717) is 0 Å². The maximum absolute atomic E-state index is 12.6. The van der Waals surface area contributed by atoms with Crippen LogP contribution in [0.1, 0.15) is 38.5 Å². The van der Waals surface area contributed by atoms with E-state index in [1.807, 2.05) is 23.9 Å². The first kappa shape index (κ1) is 21.9. The zero-order valence-electron chi connectivity index (χ0n) is 16.2. The second-order valence-corrected chi connectivity index (χ2v) is 9.58. The van der Waals surface area contributed by atoms with Crippen LogP contribution in [0.3, 0.4) is 0 Å². The lowest BCUT2D eigenvalue weighted by molar-refractivity contribution is -0.134. The third-order valence-corrected chi connectivity index (χ3v) is 7.60. The molecule has 6 nitrogen and oxygen atoms in total. The molecule has 26 heavy (non-hydrogen) atoms. The molecule has 0 aromatic carbocycles. The molecule has 0 aromatic rings. The van der Waals surface area contributed by atoms with E-state index in [1.165, 1.54) is 12.8 Å². The number of hydrogen-bond donors (Lipinski definition) is 2. The van der Waals surface area contributed by atoms with Gasteiger partial charge in [0.05, 0.1) is 12.1 Å². The van der Waals surface area contributed by atoms with Crippen molar-refractivity contribution in [2.45, 2.75) is 50.6 Å². The molecule has 0 unspecified atom stereocenters. The van der Waals surface area contributed by atoms with E-state index in [-0.39, 0.29) is 23.9 Å². The highest BCUT2D eigenvalue weighted by Crippen LogP contribution is 2.24. The normalized spacial score (nSPS) is 20.7. The van der Waals surface area contributed by atoms with Crippen LogP contribution in [-0.2, 0) is 9.59 Å². The highest BCUT2D eigenvalue weighted by molar-refractivity contribution is 8.76. The van der Waals surface area contributed by atoms with Crippen LogP contribution in [-0.4, -0.2) is 85.5 Å². The molecule has 2 rings (SSSR count). The Balaban J connectivity index is 1.70. The minimum atomic E-state index is -0.142. The van der Waals surface area contributed by atoms with Crippen LogP contribution in [0.4, 0.5) is 0 Å². The van der Waals surface area contributed by atoms with Crippen LogP contribution >= 0.6 is 21.6 Å². The maximum atomic E-state index is 12.6. The van der Waals surface area contributed by atoms with Crippen LogP contribution in [0.25, 0.3) is 0 Å². The quantitative estimate of drug-likeness (QED) is 0.451. The van der Waals surface area contributed by atoms with Crippen LogP contribution in [0.5, 0.6) is 0 Å². The van der Waals surface area contributed by atoms with Gasteiger partial charge in [-0.3, -0.25) is 9.59 Å². The number of rotatable bonds is 9. The van der Waals surface area contributed by atoms with Crippen molar-refractivity contribution in [1.29, 1.82) is 0 Å². The van der Waals surface area contributed by atoms with Gasteiger partial charge in [-0.25, -0.2) is 0 Å². The van der Waals surface area contributed by atoms with Gasteiger partial charge in [-0.2, -0.15) is 0 Å². The molecule has 2 aliphatic heterocycles. The van der Waals surface area contributed by atoms with Crippen molar-refractivity contribution in [2.24, 2.45) is 0 Å². The summed E-state index contributed by atoms with van der Waals surface area (Å²) in [5.41, 5.74) is 0. The zero-order valence-corrected chi connectivity index (χ0v) is 17.8. The Morgan fingerprint density at radius 3 is 1.38 bits per heavy atom. The smallest absolute Gasteiger partial charge is 0.240 e. The lowest BCUT2D eigenvalue weighted by Gasteiger charge is -2.31. The molecule has 150 valence electrons. The van der Waals surface area contributed by atoms with E-state index >= 15 is 0 Å². The number of likely N-dealkylation sites (N-methyl/N-ethyl adjacent to an activating group) is 2. The summed E-state index contributed by atoms with van der Waals surface area (Å²) in [7, 11) is 7.07. The Labute approximate surface area is 166 Å². The monoisotopic (exact) mass is 402 g/mol. The molecule has 2 saturated heterocycles. The van der Waals surface area contributed by atoms with Gasteiger partial charge in [-0.05, 0) is 52.6 Å². The average Bonchev–Trinajstić information content (AvgIpc) is 2.71. The van der Waals surface area contributed by atoms with Gasteiger partial charge in [0.1, 0.15) is 0 Å². The van der Waals surface area contributed by atoms with Gasteiger partial charge >= 0.3 is 0 Å². The third kappa shape index (κ3) is 6.62. The molecule has 0 radical (unpaired) electrons. The summed E-state index contributed by atoms with van der Waals surface area (Å²) in [5.74, 6) is 1.89. The molecule has 2 amide bonds. The standard InChI is InChI=1S/C18H34N4O2S2/c1-19-15(17(23)21-9-5-3-6-10-21)13-25-26-14-16(20-2)18(24)22-11-7-4-8-12-22/h15-16,19-20H,3-14H2,1-2H3/t15-,16-/m0/s1. The fourth-order valence-corrected chi connectivity index (χ4v) is 5.93. The summed E-state index contributed by atoms with van der Waals surface area (Å²) >= 11 is 0. The van der Waals surface area contributed by atoms with Crippen molar-refractivity contribution in [3.05, 3.63) is 0 Å². The second-order valence-electron chi connectivity index (χ2n) is 7.02. The average molecular weight is 403 g/mol. The van der Waals surface area contributed by atoms with Gasteiger partial charge in [0.25, 0.3) is 0 Å². The predicted octanol–water partition coefficient (Wildman–Crippen LogP) is 1.57. The largest absolute Gasteiger partial charge is 0.341 e. The van der Waals surface area contributed by atoms with Crippen molar-refractivity contribution in [3.63, 3.8) is 0 Å². The summed E-state index contributed by atoms with van der Waals surface area (Å²) in [4.78, 5) is 29.2. The molecule has 2 fully saturated rings. The zero-order chi connectivity index (χ0) is 18.8. The minimum absolute atomic E-state index is 0.142. The number of amides is 2. The fraction of sp³-hybridized carbons (Fsp3) is 0.889. The van der Waals surface area contributed by atoms with Crippen LogP contribution in [0, 0.1) is 0 Å². The van der Waals surface area contributed by atoms with Gasteiger partial charge in [0.15, 0.2) is 0 Å². The molecular formula is C18H34N4O2S2. The van der Waals surface area contributed by atoms with Crippen molar-refractivity contribution >= 4 is 33.4 Å². The van der Waals surface area contributed by atoms with E-state index in [0.717, 1.165) is 63.4 Å². The van der Waals surface area contributed by atoms with Crippen LogP contribution in [0.15, 0.2) is 0 Å². The van der Waals surface area contributed by atoms with Crippen LogP contribution in [0.2, 0.25) is 0 Å². The van der Waals surface area contributed by atoms with Crippen molar-refractivity contribution in [2.75, 3.05) is 51.8 Å². The summed E-state index contributed by atoms with van der Waals surface area (Å²) in [5, 5.41) is 6.32. The molecule has 0 bridgehead atoms. The number of carbonyl (C=O) groups is 2. The van der Waals surface area contributed by atoms with Gasteiger partial charge in [-0.15, -0.1) is 0 Å². The molecule has 2 aliphatic rings. The van der Waals surface area contributed by atoms with Gasteiger partial charge in [-0.1, -0.05) is 21.6 Å². The molecule has 2 atom stereocenters. The van der Waals surface area contributed by atoms with E-state index in [2.05, 4.69) is 10.6 Å². The first-order valence-electron chi connectivity index (χ1n) is 9.84. The fourth-order valence-electron chi connectivity index (χ4n) is 3.46. The molecule has 0 aliphatic carbocycles. The number of piperidine rings is 2. The van der Waals surface area contributed by atoms with Crippen molar-refractivity contribution < 1.29 is 9.59 Å². The number of nitrogens with one attached hydrogen (secondary N) is 2. The Morgan fingerprint density at radius 2 is 1.08 bits per heavy atom. The topological polar surface area (TPSA) is 64.7 Å². The minimum Gasteiger partial charge on any atom is -0.341 e. The number of nitrogens with zero attached hydrogens (tertiary/aromatic N) is 2. The van der Waals surface area contributed by atoms with Crippen molar-refractivity contribution in [3.8, 4) is 0 Å². The Hall–Kier alpha value is -0.440. The first-order chi connectivity index (χ1) is 12.7. The first-order valence-corrected chi connectivity index (χ1v) is 12.3. The summed E-state index contributed by atoms with van der Waals surface area (Å²) in [6.45, 7) is 3.56. The Kier molecular flexibility index (Phi) is 10.2. The number of likely N-dealkylation sites (tertiary alicyclic amines) is 2. The molecule has 0 spiro atoms. The van der Waals surface area contributed by atoms with E-state index in [4.69, 9.17) is 0 Å². The third-order valence-electron chi connectivity index (χ3n) is 5.18. The second kappa shape index (κ2) is 12.1. The number of carbonyl (C=O) groups excluding carboxylic acids is 2. The highest BCUT2D eigenvalue weighted by atomic mass is 33.1. The number of hydrogen-bond acceptors (Lipinski definition) is 6. The van der Waals surface area contributed by atoms with E-state index < -0.39 is 0 Å². The van der Waals surface area contributed by atoms with E-state index in [1.54, 1.807) is 21.6 Å². The van der Waals surface area contributed by atoms with Gasteiger partial charge in [0, 0.05) is 37.7 Å². The molecule has 0 saturated carbocycles. The lowest BCUT2D eigenvalue weighted by atomic mass is 10.1.